The van der Waals surface area contributed by atoms with Crippen LogP contribution in [0.25, 0.3) is 4.96 Å². The highest BCUT2D eigenvalue weighted by molar-refractivity contribution is 7.15. The Morgan fingerprint density at radius 3 is 2.61 bits per heavy atom. The average molecular weight is 401 g/mol. The molecule has 1 atom stereocenters. The van der Waals surface area contributed by atoms with Crippen molar-refractivity contribution in [2.75, 3.05) is 26.2 Å². The molecule has 3 fully saturated rings. The van der Waals surface area contributed by atoms with Crippen LogP contribution in [0, 0.1) is 11.8 Å². The van der Waals surface area contributed by atoms with Crippen LogP contribution in [0.3, 0.4) is 0 Å². The molecule has 6 heteroatoms. The van der Waals surface area contributed by atoms with Crippen LogP contribution in [0.2, 0.25) is 0 Å². The number of aromatic nitrogens is 2. The van der Waals surface area contributed by atoms with Crippen LogP contribution in [0.1, 0.15) is 74.0 Å². The second kappa shape index (κ2) is 8.15. The summed E-state index contributed by atoms with van der Waals surface area (Å²) < 4.78 is 2.16. The number of likely N-dealkylation sites (tertiary alicyclic amines) is 2. The molecule has 5 rings (SSSR count). The number of nitrogens with zero attached hydrogens (tertiary/aromatic N) is 4. The molecule has 4 heterocycles. The fourth-order valence-electron chi connectivity index (χ4n) is 5.61. The van der Waals surface area contributed by atoms with Gasteiger partial charge in [-0.3, -0.25) is 14.1 Å². The minimum Gasteiger partial charge on any atom is -0.337 e. The lowest BCUT2D eigenvalue weighted by Crippen LogP contribution is -2.36. The van der Waals surface area contributed by atoms with Gasteiger partial charge in [0.1, 0.15) is 0 Å². The van der Waals surface area contributed by atoms with Crippen molar-refractivity contribution < 1.29 is 4.79 Å². The number of carbonyl (C=O) groups excluding carboxylic acids is 1. The van der Waals surface area contributed by atoms with E-state index in [9.17, 15) is 4.79 Å². The molecule has 2 saturated heterocycles. The fourth-order valence-corrected chi connectivity index (χ4v) is 6.34. The largest absolute Gasteiger partial charge is 0.337 e. The van der Waals surface area contributed by atoms with Gasteiger partial charge >= 0.3 is 0 Å². The summed E-state index contributed by atoms with van der Waals surface area (Å²) in [6.07, 6.45) is 14.0. The van der Waals surface area contributed by atoms with E-state index in [4.69, 9.17) is 4.98 Å². The SMILES string of the molecule is O=C(c1nc2sccn2c1CN1CC[C@H](C2CCCCC2)C1)N1CCCCC1. The summed E-state index contributed by atoms with van der Waals surface area (Å²) >= 11 is 1.63. The number of piperidine rings is 1. The highest BCUT2D eigenvalue weighted by Crippen LogP contribution is 2.35. The molecule has 1 amide bonds. The van der Waals surface area contributed by atoms with E-state index in [1.54, 1.807) is 11.3 Å². The Bertz CT molecular complexity index is 816. The number of hydrogen-bond acceptors (Lipinski definition) is 4. The Morgan fingerprint density at radius 1 is 1.00 bits per heavy atom. The van der Waals surface area contributed by atoms with Gasteiger partial charge in [0, 0.05) is 37.8 Å². The predicted octanol–water partition coefficient (Wildman–Crippen LogP) is 4.42. The smallest absolute Gasteiger partial charge is 0.274 e. The maximum atomic E-state index is 13.2. The van der Waals surface area contributed by atoms with Crippen molar-refractivity contribution in [2.45, 2.75) is 64.3 Å². The number of carbonyl (C=O) groups is 1. The Morgan fingerprint density at radius 2 is 1.79 bits per heavy atom. The Hall–Kier alpha value is -1.40. The Kier molecular flexibility index (Phi) is 5.42. The molecule has 0 radical (unpaired) electrons. The topological polar surface area (TPSA) is 40.9 Å². The summed E-state index contributed by atoms with van der Waals surface area (Å²) in [5, 5.41) is 2.08. The number of fused-ring (bicyclic) bond motifs is 1. The van der Waals surface area contributed by atoms with Gasteiger partial charge in [0.15, 0.2) is 10.7 Å². The normalized spacial score (nSPS) is 25.0. The first kappa shape index (κ1) is 18.6. The van der Waals surface area contributed by atoms with Gasteiger partial charge < -0.3 is 4.90 Å². The second-order valence-electron chi connectivity index (χ2n) is 9.00. The van der Waals surface area contributed by atoms with Gasteiger partial charge in [-0.25, -0.2) is 4.98 Å². The molecule has 5 nitrogen and oxygen atoms in total. The molecule has 3 aliphatic rings. The van der Waals surface area contributed by atoms with Crippen LogP contribution in [-0.2, 0) is 6.54 Å². The highest BCUT2D eigenvalue weighted by Gasteiger charge is 2.32. The lowest BCUT2D eigenvalue weighted by Gasteiger charge is -2.28. The van der Waals surface area contributed by atoms with E-state index in [0.717, 1.165) is 61.5 Å². The van der Waals surface area contributed by atoms with Crippen molar-refractivity contribution in [3.8, 4) is 0 Å². The van der Waals surface area contributed by atoms with Crippen LogP contribution >= 0.6 is 11.3 Å². The zero-order chi connectivity index (χ0) is 18.9. The molecular weight excluding hydrogens is 368 g/mol. The second-order valence-corrected chi connectivity index (χ2v) is 9.87. The molecule has 2 aromatic heterocycles. The van der Waals surface area contributed by atoms with Gasteiger partial charge in [-0.1, -0.05) is 32.1 Å². The van der Waals surface area contributed by atoms with E-state index in [2.05, 4.69) is 20.9 Å². The first-order chi connectivity index (χ1) is 13.8. The predicted molar refractivity (Wildman–Crippen MR) is 113 cm³/mol. The molecule has 0 aromatic carbocycles. The first-order valence-electron chi connectivity index (χ1n) is 11.3. The van der Waals surface area contributed by atoms with Gasteiger partial charge in [0.25, 0.3) is 5.91 Å². The molecule has 0 unspecified atom stereocenters. The third kappa shape index (κ3) is 3.61. The van der Waals surface area contributed by atoms with Crippen LogP contribution in [-0.4, -0.2) is 51.3 Å². The molecular formula is C22H32N4OS. The van der Waals surface area contributed by atoms with Crippen LogP contribution in [0.4, 0.5) is 0 Å². The quantitative estimate of drug-likeness (QED) is 0.763. The summed E-state index contributed by atoms with van der Waals surface area (Å²) in [7, 11) is 0. The van der Waals surface area contributed by atoms with E-state index < -0.39 is 0 Å². The number of amides is 1. The summed E-state index contributed by atoms with van der Waals surface area (Å²) in [5.74, 6) is 1.93. The minimum atomic E-state index is 0.147. The summed E-state index contributed by atoms with van der Waals surface area (Å²) in [4.78, 5) is 23.5. The van der Waals surface area contributed by atoms with E-state index >= 15 is 0 Å². The third-order valence-electron chi connectivity index (χ3n) is 7.21. The maximum Gasteiger partial charge on any atom is 0.274 e. The van der Waals surface area contributed by atoms with Crippen molar-refractivity contribution in [1.82, 2.24) is 19.2 Å². The number of hydrogen-bond donors (Lipinski definition) is 0. The zero-order valence-electron chi connectivity index (χ0n) is 16.8. The molecule has 0 spiro atoms. The van der Waals surface area contributed by atoms with Gasteiger partial charge in [-0.15, -0.1) is 11.3 Å². The van der Waals surface area contributed by atoms with Gasteiger partial charge in [-0.05, 0) is 44.1 Å². The van der Waals surface area contributed by atoms with E-state index in [-0.39, 0.29) is 5.91 Å². The van der Waals surface area contributed by atoms with Gasteiger partial charge in [-0.2, -0.15) is 0 Å². The molecule has 0 bridgehead atoms. The van der Waals surface area contributed by atoms with Crippen molar-refractivity contribution >= 4 is 22.2 Å². The lowest BCUT2D eigenvalue weighted by molar-refractivity contribution is 0.0716. The number of thiazole rings is 1. The molecule has 152 valence electrons. The highest BCUT2D eigenvalue weighted by atomic mass is 32.1. The fraction of sp³-hybridized carbons (Fsp3) is 0.727. The van der Waals surface area contributed by atoms with E-state index in [1.165, 1.54) is 51.5 Å². The summed E-state index contributed by atoms with van der Waals surface area (Å²) in [5.41, 5.74) is 1.81. The van der Waals surface area contributed by atoms with Crippen molar-refractivity contribution in [3.05, 3.63) is 23.0 Å². The third-order valence-corrected chi connectivity index (χ3v) is 7.96. The van der Waals surface area contributed by atoms with Gasteiger partial charge in [0.2, 0.25) is 0 Å². The average Bonchev–Trinajstić information content (AvgIpc) is 3.47. The number of imidazole rings is 1. The molecule has 2 aromatic rings. The van der Waals surface area contributed by atoms with Crippen molar-refractivity contribution in [2.24, 2.45) is 11.8 Å². The lowest BCUT2D eigenvalue weighted by atomic mass is 9.80. The molecule has 1 saturated carbocycles. The summed E-state index contributed by atoms with van der Waals surface area (Å²) in [6.45, 7) is 4.99. The van der Waals surface area contributed by atoms with Crippen LogP contribution in [0.5, 0.6) is 0 Å². The molecule has 0 N–H and O–H groups in total. The molecule has 1 aliphatic carbocycles. The summed E-state index contributed by atoms with van der Waals surface area (Å²) in [6, 6.07) is 0. The van der Waals surface area contributed by atoms with Crippen molar-refractivity contribution in [1.29, 1.82) is 0 Å². The monoisotopic (exact) mass is 400 g/mol. The maximum absolute atomic E-state index is 13.2. The minimum absolute atomic E-state index is 0.147. The van der Waals surface area contributed by atoms with Gasteiger partial charge in [0.05, 0.1) is 5.69 Å². The molecule has 2 aliphatic heterocycles. The first-order valence-corrected chi connectivity index (χ1v) is 12.1. The standard InChI is InChI=1S/C22H32N4OS/c27-21(25-10-5-2-6-11-25)20-19(26-13-14-28-22(26)23-20)16-24-12-9-18(15-24)17-7-3-1-4-8-17/h13-14,17-18H,1-12,15-16H2/t18-/m0/s1. The molecule has 28 heavy (non-hydrogen) atoms. The Labute approximate surface area is 171 Å². The Balaban J connectivity index is 1.33. The van der Waals surface area contributed by atoms with Crippen molar-refractivity contribution in [3.63, 3.8) is 0 Å². The van der Waals surface area contributed by atoms with E-state index in [1.807, 2.05) is 4.90 Å². The van der Waals surface area contributed by atoms with Crippen LogP contribution < -0.4 is 0 Å². The zero-order valence-corrected chi connectivity index (χ0v) is 17.6. The number of rotatable bonds is 4. The van der Waals surface area contributed by atoms with E-state index in [0.29, 0.717) is 5.69 Å². The van der Waals surface area contributed by atoms with Crippen LogP contribution in [0.15, 0.2) is 11.6 Å².